The lowest BCUT2D eigenvalue weighted by molar-refractivity contribution is 0.824. The van der Waals surface area contributed by atoms with Gasteiger partial charge in [-0.1, -0.05) is 76.6 Å². The van der Waals surface area contributed by atoms with Crippen LogP contribution in [0.3, 0.4) is 0 Å². The molecule has 0 unspecified atom stereocenters. The number of hydrogen-bond donors (Lipinski definition) is 1. The van der Waals surface area contributed by atoms with Crippen molar-refractivity contribution >= 4 is 33.0 Å². The Morgan fingerprint density at radius 2 is 1.54 bits per heavy atom. The molecule has 1 atom stereocenters. The number of rotatable bonds is 2. The monoisotopic (exact) mass is 376 g/mol. The highest BCUT2D eigenvalue weighted by Crippen LogP contribution is 2.37. The Morgan fingerprint density at radius 3 is 2.38 bits per heavy atom. The van der Waals surface area contributed by atoms with Gasteiger partial charge in [0.05, 0.1) is 23.1 Å². The van der Waals surface area contributed by atoms with Gasteiger partial charge in [0.25, 0.3) is 0 Å². The second kappa shape index (κ2) is 6.62. The number of para-hydroxylation sites is 2. The van der Waals surface area contributed by atoms with Gasteiger partial charge in [-0.2, -0.15) is 0 Å². The lowest BCUT2D eigenvalue weighted by Crippen LogP contribution is -2.15. The molecule has 1 aliphatic rings. The number of aliphatic imine (C=N–C) groups is 1. The van der Waals surface area contributed by atoms with Crippen LogP contribution >= 0.6 is 15.9 Å². The Balaban J connectivity index is 1.83. The van der Waals surface area contributed by atoms with Gasteiger partial charge in [-0.05, 0) is 29.3 Å². The number of nitrogens with one attached hydrogen (secondary N) is 1. The number of fused-ring (bicyclic) bond motifs is 1. The van der Waals surface area contributed by atoms with E-state index >= 15 is 0 Å². The molecule has 2 nitrogen and oxygen atoms in total. The minimum absolute atomic E-state index is 0.170. The summed E-state index contributed by atoms with van der Waals surface area (Å²) in [6.45, 7) is 0. The second-order valence-corrected chi connectivity index (χ2v) is 6.72. The minimum atomic E-state index is 0.170. The summed E-state index contributed by atoms with van der Waals surface area (Å²) >= 11 is 3.69. The molecule has 0 bridgehead atoms. The molecule has 0 saturated heterocycles. The van der Waals surface area contributed by atoms with Gasteiger partial charge in [-0.25, -0.2) is 0 Å². The van der Waals surface area contributed by atoms with Crippen molar-refractivity contribution in [2.75, 3.05) is 5.32 Å². The second-order valence-electron chi connectivity index (χ2n) is 5.86. The zero-order chi connectivity index (χ0) is 16.4. The molecule has 3 aromatic carbocycles. The van der Waals surface area contributed by atoms with Crippen LogP contribution in [0.2, 0.25) is 0 Å². The maximum atomic E-state index is 4.95. The SMILES string of the molecule is Brc1ccccc1[C@H]1CC(c2ccccc2)=Nc2ccccc2N1. The van der Waals surface area contributed by atoms with E-state index in [-0.39, 0.29) is 6.04 Å². The first-order valence-corrected chi connectivity index (χ1v) is 8.83. The fourth-order valence-electron chi connectivity index (χ4n) is 3.07. The summed E-state index contributed by atoms with van der Waals surface area (Å²) in [7, 11) is 0. The van der Waals surface area contributed by atoms with Crippen LogP contribution in [0.5, 0.6) is 0 Å². The summed E-state index contributed by atoms with van der Waals surface area (Å²) in [4.78, 5) is 4.95. The average molecular weight is 377 g/mol. The Hall–Kier alpha value is -2.39. The highest BCUT2D eigenvalue weighted by atomic mass is 79.9. The molecule has 3 heteroatoms. The summed E-state index contributed by atoms with van der Waals surface area (Å²) in [5, 5.41) is 3.67. The first-order chi connectivity index (χ1) is 11.8. The van der Waals surface area contributed by atoms with Crippen LogP contribution in [-0.2, 0) is 0 Å². The van der Waals surface area contributed by atoms with Crippen molar-refractivity contribution in [2.24, 2.45) is 4.99 Å². The number of benzene rings is 3. The topological polar surface area (TPSA) is 24.4 Å². The van der Waals surface area contributed by atoms with Crippen molar-refractivity contribution in [3.05, 3.63) is 94.5 Å². The minimum Gasteiger partial charge on any atom is -0.376 e. The van der Waals surface area contributed by atoms with E-state index in [1.54, 1.807) is 0 Å². The van der Waals surface area contributed by atoms with Crippen molar-refractivity contribution in [2.45, 2.75) is 12.5 Å². The molecule has 0 fully saturated rings. The summed E-state index contributed by atoms with van der Waals surface area (Å²) in [6, 6.07) is 27.2. The van der Waals surface area contributed by atoms with Crippen molar-refractivity contribution in [3.63, 3.8) is 0 Å². The van der Waals surface area contributed by atoms with E-state index in [4.69, 9.17) is 4.99 Å². The van der Waals surface area contributed by atoms with E-state index in [9.17, 15) is 0 Å². The molecule has 1 N–H and O–H groups in total. The third-order valence-corrected chi connectivity index (χ3v) is 5.00. The molecule has 0 radical (unpaired) electrons. The quantitative estimate of drug-likeness (QED) is 0.571. The van der Waals surface area contributed by atoms with Crippen LogP contribution in [-0.4, -0.2) is 5.71 Å². The van der Waals surface area contributed by atoms with Crippen LogP contribution in [0.25, 0.3) is 0 Å². The van der Waals surface area contributed by atoms with Gasteiger partial charge in [0.2, 0.25) is 0 Å². The maximum Gasteiger partial charge on any atom is 0.0864 e. The first kappa shape index (κ1) is 15.2. The highest BCUT2D eigenvalue weighted by molar-refractivity contribution is 9.10. The van der Waals surface area contributed by atoms with Gasteiger partial charge in [-0.15, -0.1) is 0 Å². The molecule has 4 rings (SSSR count). The smallest absolute Gasteiger partial charge is 0.0864 e. The molecule has 24 heavy (non-hydrogen) atoms. The van der Waals surface area contributed by atoms with Crippen LogP contribution in [0.4, 0.5) is 11.4 Å². The van der Waals surface area contributed by atoms with Crippen LogP contribution in [0.1, 0.15) is 23.6 Å². The number of anilines is 1. The van der Waals surface area contributed by atoms with E-state index in [1.807, 2.05) is 24.3 Å². The van der Waals surface area contributed by atoms with Gasteiger partial charge in [-0.3, -0.25) is 4.99 Å². The third-order valence-electron chi connectivity index (χ3n) is 4.27. The molecule has 0 aromatic heterocycles. The summed E-state index contributed by atoms with van der Waals surface area (Å²) in [5.41, 5.74) is 5.59. The van der Waals surface area contributed by atoms with Gasteiger partial charge in [0.15, 0.2) is 0 Å². The van der Waals surface area contributed by atoms with Gasteiger partial charge in [0.1, 0.15) is 0 Å². The van der Waals surface area contributed by atoms with Gasteiger partial charge < -0.3 is 5.32 Å². The Kier molecular flexibility index (Phi) is 4.18. The summed E-state index contributed by atoms with van der Waals surface area (Å²) < 4.78 is 1.12. The fraction of sp³-hybridized carbons (Fsp3) is 0.0952. The van der Waals surface area contributed by atoms with E-state index in [1.165, 1.54) is 11.1 Å². The fourth-order valence-corrected chi connectivity index (χ4v) is 3.64. The molecule has 0 amide bonds. The normalized spacial score (nSPS) is 16.5. The maximum absolute atomic E-state index is 4.95. The molecule has 0 saturated carbocycles. The van der Waals surface area contributed by atoms with E-state index in [2.05, 4.69) is 75.8 Å². The zero-order valence-electron chi connectivity index (χ0n) is 13.1. The average Bonchev–Trinajstić information content (AvgIpc) is 2.82. The Morgan fingerprint density at radius 1 is 0.833 bits per heavy atom. The molecule has 3 aromatic rings. The van der Waals surface area contributed by atoms with Crippen molar-refractivity contribution in [1.29, 1.82) is 0 Å². The molecular weight excluding hydrogens is 360 g/mol. The van der Waals surface area contributed by atoms with E-state index < -0.39 is 0 Å². The van der Waals surface area contributed by atoms with E-state index in [0.717, 1.165) is 28.0 Å². The van der Waals surface area contributed by atoms with Crippen LogP contribution in [0, 0.1) is 0 Å². The predicted octanol–water partition coefficient (Wildman–Crippen LogP) is 6.13. The van der Waals surface area contributed by atoms with Crippen LogP contribution < -0.4 is 5.32 Å². The highest BCUT2D eigenvalue weighted by Gasteiger charge is 2.22. The van der Waals surface area contributed by atoms with Gasteiger partial charge >= 0.3 is 0 Å². The summed E-state index contributed by atoms with van der Waals surface area (Å²) in [6.07, 6.45) is 0.835. The largest absolute Gasteiger partial charge is 0.376 e. The van der Waals surface area contributed by atoms with Crippen LogP contribution in [0.15, 0.2) is 88.3 Å². The molecule has 1 aliphatic heterocycles. The molecular formula is C21H17BrN2. The molecule has 1 heterocycles. The standard InChI is InChI=1S/C21H17BrN2/c22-17-11-5-4-10-16(17)21-14-20(15-8-2-1-3-9-15)23-18-12-6-7-13-19(18)24-21/h1-13,21,24H,14H2/t21-/m1/s1. The van der Waals surface area contributed by atoms with Crippen molar-refractivity contribution in [3.8, 4) is 0 Å². The molecule has 0 spiro atoms. The third kappa shape index (κ3) is 3.00. The zero-order valence-corrected chi connectivity index (χ0v) is 14.7. The molecule has 0 aliphatic carbocycles. The Bertz CT molecular complexity index is 887. The number of nitrogens with zero attached hydrogens (tertiary/aromatic N) is 1. The number of hydrogen-bond acceptors (Lipinski definition) is 2. The van der Waals surface area contributed by atoms with E-state index in [0.29, 0.717) is 0 Å². The Labute approximate surface area is 150 Å². The summed E-state index contributed by atoms with van der Waals surface area (Å²) in [5.74, 6) is 0. The first-order valence-electron chi connectivity index (χ1n) is 8.04. The predicted molar refractivity (Wildman–Crippen MR) is 104 cm³/mol. The van der Waals surface area contributed by atoms with Gasteiger partial charge in [0, 0.05) is 10.9 Å². The molecule has 118 valence electrons. The van der Waals surface area contributed by atoms with Crippen molar-refractivity contribution in [1.82, 2.24) is 0 Å². The number of halogens is 1. The lowest BCUT2D eigenvalue weighted by atomic mass is 9.97. The lowest BCUT2D eigenvalue weighted by Gasteiger charge is -2.20. The van der Waals surface area contributed by atoms with Crippen molar-refractivity contribution < 1.29 is 0 Å².